The van der Waals surface area contributed by atoms with Gasteiger partial charge in [0.1, 0.15) is 0 Å². The first kappa shape index (κ1) is 10.6. The van der Waals surface area contributed by atoms with Gasteiger partial charge in [-0.25, -0.2) is 4.79 Å². The van der Waals surface area contributed by atoms with Gasteiger partial charge in [-0.2, -0.15) is 0 Å². The number of aliphatic hydroxyl groups is 1. The Hall–Kier alpha value is -0.870. The van der Waals surface area contributed by atoms with E-state index in [1.807, 2.05) is 0 Å². The van der Waals surface area contributed by atoms with Gasteiger partial charge < -0.3 is 14.6 Å². The molecule has 0 radical (unpaired) electrons. The summed E-state index contributed by atoms with van der Waals surface area (Å²) in [6.07, 6.45) is 4.00. The van der Waals surface area contributed by atoms with E-state index < -0.39 is 5.97 Å². The maximum Gasteiger partial charge on any atom is 0.335 e. The zero-order valence-electron chi connectivity index (χ0n) is 8.65. The molecule has 1 saturated heterocycles. The van der Waals surface area contributed by atoms with E-state index in [1.165, 1.54) is 0 Å². The molecule has 2 aliphatic rings. The van der Waals surface area contributed by atoms with Crippen LogP contribution in [-0.2, 0) is 14.3 Å². The fourth-order valence-electron chi connectivity index (χ4n) is 2.00. The van der Waals surface area contributed by atoms with Gasteiger partial charge in [0.25, 0.3) is 0 Å². The van der Waals surface area contributed by atoms with Gasteiger partial charge >= 0.3 is 5.97 Å². The lowest BCUT2D eigenvalue weighted by molar-refractivity contribution is -0.141. The number of carbonyl (C=O) groups is 1. The van der Waals surface area contributed by atoms with Crippen LogP contribution in [0.3, 0.4) is 0 Å². The number of aliphatic hydroxyl groups excluding tert-OH is 1. The van der Waals surface area contributed by atoms with Crippen LogP contribution in [-0.4, -0.2) is 36.5 Å². The molecule has 1 heterocycles. The normalized spacial score (nSPS) is 33.0. The van der Waals surface area contributed by atoms with Crippen molar-refractivity contribution in [3.05, 3.63) is 12.2 Å². The van der Waals surface area contributed by atoms with Gasteiger partial charge in [-0.1, -0.05) is 6.58 Å². The molecule has 2 rings (SSSR count). The van der Waals surface area contributed by atoms with Gasteiger partial charge in [0.2, 0.25) is 0 Å². The monoisotopic (exact) mass is 212 g/mol. The second kappa shape index (κ2) is 4.33. The molecule has 3 unspecified atom stereocenters. The Balaban J connectivity index is 1.68. The number of esters is 1. The van der Waals surface area contributed by atoms with E-state index in [1.54, 1.807) is 0 Å². The Morgan fingerprint density at radius 2 is 2.27 bits per heavy atom. The summed E-state index contributed by atoms with van der Waals surface area (Å²) in [6, 6.07) is 0. The number of hydrogen-bond donors (Lipinski definition) is 1. The Bertz CT molecular complexity index is 274. The largest absolute Gasteiger partial charge is 0.462 e. The minimum absolute atomic E-state index is 0.117. The molecule has 84 valence electrons. The summed E-state index contributed by atoms with van der Waals surface area (Å²) < 4.78 is 10.4. The maximum absolute atomic E-state index is 11.2. The lowest BCUT2D eigenvalue weighted by Crippen LogP contribution is -2.21. The molecule has 15 heavy (non-hydrogen) atoms. The molecular formula is C11H16O4. The third-order valence-corrected chi connectivity index (χ3v) is 3.04. The van der Waals surface area contributed by atoms with Gasteiger partial charge in [0, 0.05) is 0 Å². The highest BCUT2D eigenvalue weighted by Gasteiger charge is 2.43. The number of rotatable bonds is 4. The van der Waals surface area contributed by atoms with Crippen LogP contribution in [0.1, 0.15) is 19.3 Å². The van der Waals surface area contributed by atoms with Crippen LogP contribution in [0.15, 0.2) is 12.2 Å². The molecule has 0 aromatic rings. The predicted molar refractivity (Wildman–Crippen MR) is 53.2 cm³/mol. The highest BCUT2D eigenvalue weighted by molar-refractivity contribution is 5.87. The Morgan fingerprint density at radius 3 is 2.93 bits per heavy atom. The zero-order valence-corrected chi connectivity index (χ0v) is 8.65. The molecule has 4 heteroatoms. The first-order valence-corrected chi connectivity index (χ1v) is 5.32. The van der Waals surface area contributed by atoms with E-state index in [2.05, 4.69) is 6.58 Å². The summed E-state index contributed by atoms with van der Waals surface area (Å²) in [5, 5.41) is 8.67. The SMILES string of the molecule is C=C(CO)C(=O)OCC1CCC2OC2C1. The topological polar surface area (TPSA) is 59.1 Å². The molecule has 0 aromatic heterocycles. The molecule has 2 fully saturated rings. The number of carbonyl (C=O) groups excluding carboxylic acids is 1. The Morgan fingerprint density at radius 1 is 1.47 bits per heavy atom. The van der Waals surface area contributed by atoms with Crippen molar-refractivity contribution in [2.45, 2.75) is 31.5 Å². The summed E-state index contributed by atoms with van der Waals surface area (Å²) in [5.41, 5.74) is 0.117. The van der Waals surface area contributed by atoms with E-state index in [0.717, 1.165) is 19.3 Å². The van der Waals surface area contributed by atoms with Crippen molar-refractivity contribution in [1.82, 2.24) is 0 Å². The minimum atomic E-state index is -0.490. The van der Waals surface area contributed by atoms with Crippen molar-refractivity contribution in [3.8, 4) is 0 Å². The molecule has 1 aliphatic heterocycles. The molecular weight excluding hydrogens is 196 g/mol. The van der Waals surface area contributed by atoms with E-state index in [-0.39, 0.29) is 12.2 Å². The number of ether oxygens (including phenoxy) is 2. The summed E-state index contributed by atoms with van der Waals surface area (Å²) in [6.45, 7) is 3.50. The van der Waals surface area contributed by atoms with Crippen LogP contribution in [0.25, 0.3) is 0 Å². The lowest BCUT2D eigenvalue weighted by Gasteiger charge is -2.18. The molecule has 0 bridgehead atoms. The van der Waals surface area contributed by atoms with Crippen LogP contribution >= 0.6 is 0 Å². The zero-order chi connectivity index (χ0) is 10.8. The lowest BCUT2D eigenvalue weighted by atomic mass is 9.90. The van der Waals surface area contributed by atoms with Gasteiger partial charge in [0.05, 0.1) is 31.0 Å². The number of epoxide rings is 1. The third kappa shape index (κ3) is 2.58. The minimum Gasteiger partial charge on any atom is -0.462 e. The average molecular weight is 212 g/mol. The van der Waals surface area contributed by atoms with Crippen molar-refractivity contribution >= 4 is 5.97 Å². The molecule has 0 spiro atoms. The fraction of sp³-hybridized carbons (Fsp3) is 0.727. The van der Waals surface area contributed by atoms with Gasteiger partial charge in [-0.05, 0) is 25.2 Å². The standard InChI is InChI=1S/C11H16O4/c1-7(5-12)11(13)14-6-8-2-3-9-10(4-8)15-9/h8-10,12H,1-6H2. The number of hydrogen-bond acceptors (Lipinski definition) is 4. The Kier molecular flexibility index (Phi) is 3.07. The quantitative estimate of drug-likeness (QED) is 0.422. The summed E-state index contributed by atoms with van der Waals surface area (Å²) in [4.78, 5) is 11.2. The van der Waals surface area contributed by atoms with Crippen molar-refractivity contribution in [1.29, 1.82) is 0 Å². The summed E-state index contributed by atoms with van der Waals surface area (Å²) in [5.74, 6) is -0.0828. The van der Waals surface area contributed by atoms with Crippen LogP contribution < -0.4 is 0 Å². The maximum atomic E-state index is 11.2. The molecule has 0 aromatic carbocycles. The van der Waals surface area contributed by atoms with Crippen LogP contribution in [0.2, 0.25) is 0 Å². The fourth-order valence-corrected chi connectivity index (χ4v) is 2.00. The average Bonchev–Trinajstić information content (AvgIpc) is 3.02. The Labute approximate surface area is 88.9 Å². The van der Waals surface area contributed by atoms with Crippen LogP contribution in [0, 0.1) is 5.92 Å². The predicted octanol–water partition coefficient (Wildman–Crippen LogP) is 0.646. The summed E-state index contributed by atoms with van der Waals surface area (Å²) >= 11 is 0. The van der Waals surface area contributed by atoms with Gasteiger partial charge in [-0.15, -0.1) is 0 Å². The van der Waals surface area contributed by atoms with Crippen molar-refractivity contribution in [3.63, 3.8) is 0 Å². The molecule has 1 saturated carbocycles. The first-order valence-electron chi connectivity index (χ1n) is 5.32. The van der Waals surface area contributed by atoms with Crippen molar-refractivity contribution in [2.75, 3.05) is 13.2 Å². The van der Waals surface area contributed by atoms with Crippen molar-refractivity contribution < 1.29 is 19.4 Å². The first-order chi connectivity index (χ1) is 7.20. The molecule has 3 atom stereocenters. The van der Waals surface area contributed by atoms with Gasteiger partial charge in [0.15, 0.2) is 0 Å². The van der Waals surface area contributed by atoms with Crippen LogP contribution in [0.5, 0.6) is 0 Å². The third-order valence-electron chi connectivity index (χ3n) is 3.04. The molecule has 1 N–H and O–H groups in total. The van der Waals surface area contributed by atoms with Crippen molar-refractivity contribution in [2.24, 2.45) is 5.92 Å². The highest BCUT2D eigenvalue weighted by atomic mass is 16.6. The smallest absolute Gasteiger partial charge is 0.335 e. The molecule has 1 aliphatic carbocycles. The van der Waals surface area contributed by atoms with E-state index >= 15 is 0 Å². The van der Waals surface area contributed by atoms with E-state index in [0.29, 0.717) is 24.7 Å². The molecule has 4 nitrogen and oxygen atoms in total. The van der Waals surface area contributed by atoms with Crippen LogP contribution in [0.4, 0.5) is 0 Å². The number of fused-ring (bicyclic) bond motifs is 1. The highest BCUT2D eigenvalue weighted by Crippen LogP contribution is 2.39. The molecule has 0 amide bonds. The van der Waals surface area contributed by atoms with E-state index in [9.17, 15) is 4.79 Å². The second-order valence-electron chi connectivity index (χ2n) is 4.25. The van der Waals surface area contributed by atoms with E-state index in [4.69, 9.17) is 14.6 Å². The summed E-state index contributed by atoms with van der Waals surface area (Å²) in [7, 11) is 0. The van der Waals surface area contributed by atoms with Gasteiger partial charge in [-0.3, -0.25) is 0 Å². The second-order valence-corrected chi connectivity index (χ2v) is 4.25.